The highest BCUT2D eigenvalue weighted by atomic mass is 16.5. The minimum Gasteiger partial charge on any atom is -0.490 e. The monoisotopic (exact) mass is 394 g/mol. The van der Waals surface area contributed by atoms with Crippen LogP contribution in [-0.2, 0) is 0 Å². The van der Waals surface area contributed by atoms with Gasteiger partial charge in [0.15, 0.2) is 5.96 Å². The topological polar surface area (TPSA) is 66.0 Å². The second-order valence-electron chi connectivity index (χ2n) is 7.22. The van der Waals surface area contributed by atoms with Gasteiger partial charge in [0.1, 0.15) is 11.9 Å². The summed E-state index contributed by atoms with van der Waals surface area (Å²) in [6, 6.07) is 17.6. The summed E-state index contributed by atoms with van der Waals surface area (Å²) in [6.07, 6.45) is 2.15. The molecule has 0 unspecified atom stereocenters. The van der Waals surface area contributed by atoms with Crippen molar-refractivity contribution in [2.75, 3.05) is 33.2 Å². The molecular formula is C23H30N4O2. The Balaban J connectivity index is 1.38. The van der Waals surface area contributed by atoms with E-state index in [-0.39, 0.29) is 12.0 Å². The Labute approximate surface area is 173 Å². The summed E-state index contributed by atoms with van der Waals surface area (Å²) < 4.78 is 6.06. The Kier molecular flexibility index (Phi) is 7.50. The van der Waals surface area contributed by atoms with E-state index in [9.17, 15) is 4.79 Å². The Morgan fingerprint density at radius 1 is 1.07 bits per heavy atom. The van der Waals surface area contributed by atoms with Crippen molar-refractivity contribution < 1.29 is 9.53 Å². The number of benzene rings is 2. The van der Waals surface area contributed by atoms with E-state index >= 15 is 0 Å². The van der Waals surface area contributed by atoms with Crippen LogP contribution in [0.3, 0.4) is 0 Å². The van der Waals surface area contributed by atoms with Crippen LogP contribution in [0.5, 0.6) is 5.75 Å². The summed E-state index contributed by atoms with van der Waals surface area (Å²) in [5, 5.41) is 6.29. The fourth-order valence-corrected chi connectivity index (χ4v) is 3.45. The van der Waals surface area contributed by atoms with Crippen molar-refractivity contribution in [2.45, 2.75) is 25.9 Å². The van der Waals surface area contributed by atoms with Crippen LogP contribution in [0.4, 0.5) is 0 Å². The van der Waals surface area contributed by atoms with E-state index in [1.807, 2.05) is 61.5 Å². The second kappa shape index (κ2) is 10.5. The third kappa shape index (κ3) is 6.24. The van der Waals surface area contributed by atoms with E-state index in [4.69, 9.17) is 4.74 Å². The van der Waals surface area contributed by atoms with Gasteiger partial charge in [0.25, 0.3) is 5.91 Å². The highest BCUT2D eigenvalue weighted by molar-refractivity contribution is 5.94. The first kappa shape index (κ1) is 20.7. The molecule has 2 N–H and O–H groups in total. The Morgan fingerprint density at radius 3 is 2.48 bits per heavy atom. The van der Waals surface area contributed by atoms with E-state index in [2.05, 4.69) is 20.5 Å². The molecule has 29 heavy (non-hydrogen) atoms. The molecule has 1 saturated heterocycles. The maximum atomic E-state index is 12.2. The van der Waals surface area contributed by atoms with Crippen molar-refractivity contribution in [1.82, 2.24) is 15.5 Å². The van der Waals surface area contributed by atoms with Crippen molar-refractivity contribution in [3.05, 3.63) is 65.7 Å². The highest BCUT2D eigenvalue weighted by Crippen LogP contribution is 2.18. The molecule has 0 atom stereocenters. The Morgan fingerprint density at radius 2 is 1.79 bits per heavy atom. The zero-order chi connectivity index (χ0) is 20.5. The van der Waals surface area contributed by atoms with Crippen LogP contribution in [0.2, 0.25) is 0 Å². The van der Waals surface area contributed by atoms with E-state index in [0.29, 0.717) is 18.7 Å². The van der Waals surface area contributed by atoms with E-state index < -0.39 is 0 Å². The average Bonchev–Trinajstić information content (AvgIpc) is 2.75. The molecule has 1 aliphatic rings. The van der Waals surface area contributed by atoms with Gasteiger partial charge in [-0.3, -0.25) is 9.79 Å². The molecule has 0 radical (unpaired) electrons. The van der Waals surface area contributed by atoms with Gasteiger partial charge in [0.05, 0.1) is 0 Å². The van der Waals surface area contributed by atoms with E-state index in [1.54, 1.807) is 7.05 Å². The third-order valence-corrected chi connectivity index (χ3v) is 4.97. The molecule has 2 aromatic rings. The first-order valence-corrected chi connectivity index (χ1v) is 10.2. The predicted octanol–water partition coefficient (Wildman–Crippen LogP) is 2.84. The summed E-state index contributed by atoms with van der Waals surface area (Å²) in [7, 11) is 1.79. The summed E-state index contributed by atoms with van der Waals surface area (Å²) in [4.78, 5) is 18.8. The molecule has 1 aliphatic heterocycles. The molecule has 0 spiro atoms. The normalized spacial score (nSPS) is 15.1. The second-order valence-corrected chi connectivity index (χ2v) is 7.22. The van der Waals surface area contributed by atoms with Crippen LogP contribution in [-0.4, -0.2) is 56.1 Å². The SMILES string of the molecule is CN=C(NCCNC(=O)c1cccc(C)c1)N1CCC(Oc2ccccc2)CC1. The number of rotatable bonds is 6. The molecule has 3 rings (SSSR count). The number of carbonyl (C=O) groups excluding carboxylic acids is 1. The lowest BCUT2D eigenvalue weighted by Crippen LogP contribution is -2.48. The summed E-state index contributed by atoms with van der Waals surface area (Å²) in [6.45, 7) is 4.94. The minimum absolute atomic E-state index is 0.0515. The number of guanidine groups is 1. The molecule has 154 valence electrons. The predicted molar refractivity (Wildman–Crippen MR) is 117 cm³/mol. The van der Waals surface area contributed by atoms with Crippen LogP contribution in [0, 0.1) is 6.92 Å². The maximum absolute atomic E-state index is 12.2. The molecule has 0 bridgehead atoms. The van der Waals surface area contributed by atoms with Gasteiger partial charge in [-0.2, -0.15) is 0 Å². The van der Waals surface area contributed by atoms with Crippen LogP contribution < -0.4 is 15.4 Å². The number of nitrogens with zero attached hydrogens (tertiary/aromatic N) is 2. The number of hydrogen-bond donors (Lipinski definition) is 2. The number of aryl methyl sites for hydroxylation is 1. The fraction of sp³-hybridized carbons (Fsp3) is 0.391. The van der Waals surface area contributed by atoms with Crippen molar-refractivity contribution in [3.63, 3.8) is 0 Å². The number of aliphatic imine (C=N–C) groups is 1. The molecule has 1 fully saturated rings. The molecule has 6 heteroatoms. The number of nitrogens with one attached hydrogen (secondary N) is 2. The van der Waals surface area contributed by atoms with Crippen LogP contribution in [0.1, 0.15) is 28.8 Å². The molecule has 1 heterocycles. The lowest BCUT2D eigenvalue weighted by molar-refractivity contribution is 0.0954. The minimum atomic E-state index is -0.0515. The van der Waals surface area contributed by atoms with Gasteiger partial charge in [-0.15, -0.1) is 0 Å². The van der Waals surface area contributed by atoms with Crippen molar-refractivity contribution in [1.29, 1.82) is 0 Å². The quantitative estimate of drug-likeness (QED) is 0.449. The number of carbonyl (C=O) groups is 1. The zero-order valence-electron chi connectivity index (χ0n) is 17.2. The number of para-hydroxylation sites is 1. The van der Waals surface area contributed by atoms with Crippen LogP contribution in [0.15, 0.2) is 59.6 Å². The van der Waals surface area contributed by atoms with Crippen molar-refractivity contribution in [2.24, 2.45) is 4.99 Å². The zero-order valence-corrected chi connectivity index (χ0v) is 17.2. The number of hydrogen-bond acceptors (Lipinski definition) is 3. The molecule has 1 amide bonds. The standard InChI is InChI=1S/C23H30N4O2/c1-18-7-6-8-19(17-18)22(28)25-13-14-26-23(24-2)27-15-11-21(12-16-27)29-20-9-4-3-5-10-20/h3-10,17,21H,11-16H2,1-2H3,(H,24,26)(H,25,28). The Hall–Kier alpha value is -3.02. The molecule has 0 aromatic heterocycles. The van der Waals surface area contributed by atoms with E-state index in [0.717, 1.165) is 43.2 Å². The lowest BCUT2D eigenvalue weighted by atomic mass is 10.1. The van der Waals surface area contributed by atoms with Gasteiger partial charge in [-0.05, 0) is 31.2 Å². The van der Waals surface area contributed by atoms with Crippen molar-refractivity contribution >= 4 is 11.9 Å². The maximum Gasteiger partial charge on any atom is 0.251 e. The number of likely N-dealkylation sites (tertiary alicyclic amines) is 1. The van der Waals surface area contributed by atoms with Gasteiger partial charge in [0.2, 0.25) is 0 Å². The molecular weight excluding hydrogens is 364 g/mol. The molecule has 6 nitrogen and oxygen atoms in total. The third-order valence-electron chi connectivity index (χ3n) is 4.97. The number of ether oxygens (including phenoxy) is 1. The summed E-state index contributed by atoms with van der Waals surface area (Å²) in [5.74, 6) is 1.75. The molecule has 2 aromatic carbocycles. The molecule has 0 aliphatic carbocycles. The first-order valence-electron chi connectivity index (χ1n) is 10.2. The summed E-state index contributed by atoms with van der Waals surface area (Å²) >= 11 is 0. The Bertz CT molecular complexity index is 815. The largest absolute Gasteiger partial charge is 0.490 e. The van der Waals surface area contributed by atoms with Crippen LogP contribution in [0.25, 0.3) is 0 Å². The fourth-order valence-electron chi connectivity index (χ4n) is 3.45. The van der Waals surface area contributed by atoms with Gasteiger partial charge in [-0.25, -0.2) is 0 Å². The van der Waals surface area contributed by atoms with Gasteiger partial charge >= 0.3 is 0 Å². The van der Waals surface area contributed by atoms with Crippen LogP contribution >= 0.6 is 0 Å². The number of amides is 1. The number of piperidine rings is 1. The smallest absolute Gasteiger partial charge is 0.251 e. The lowest BCUT2D eigenvalue weighted by Gasteiger charge is -2.34. The van der Waals surface area contributed by atoms with Gasteiger partial charge in [-0.1, -0.05) is 35.9 Å². The van der Waals surface area contributed by atoms with Gasteiger partial charge < -0.3 is 20.3 Å². The highest BCUT2D eigenvalue weighted by Gasteiger charge is 2.22. The first-order chi connectivity index (χ1) is 14.2. The van der Waals surface area contributed by atoms with Crippen molar-refractivity contribution in [3.8, 4) is 5.75 Å². The van der Waals surface area contributed by atoms with E-state index in [1.165, 1.54) is 0 Å². The summed E-state index contributed by atoms with van der Waals surface area (Å²) in [5.41, 5.74) is 1.77. The molecule has 0 saturated carbocycles. The average molecular weight is 395 g/mol. The van der Waals surface area contributed by atoms with Gasteiger partial charge in [0, 0.05) is 51.6 Å².